The van der Waals surface area contributed by atoms with Crippen LogP contribution in [0.5, 0.6) is 0 Å². The first-order valence-corrected chi connectivity index (χ1v) is 5.19. The van der Waals surface area contributed by atoms with Crippen LogP contribution in [-0.4, -0.2) is 22.8 Å². The van der Waals surface area contributed by atoms with Gasteiger partial charge in [0, 0.05) is 0 Å². The first-order valence-electron chi connectivity index (χ1n) is 5.19. The zero-order valence-corrected chi connectivity index (χ0v) is 9.91. The highest BCUT2D eigenvalue weighted by molar-refractivity contribution is 5.81. The molecule has 0 atom stereocenters. The number of ether oxygens (including phenoxy) is 1. The largest absolute Gasteiger partial charge is 0.465 e. The predicted molar refractivity (Wildman–Crippen MR) is 56.6 cm³/mol. The molecular formula is C11H14F2N2O2. The number of nitrogens with zero attached hydrogens (tertiary/aromatic N) is 2. The van der Waals surface area contributed by atoms with Crippen molar-refractivity contribution in [3.63, 3.8) is 0 Å². The number of hydrogen-bond donors (Lipinski definition) is 0. The third kappa shape index (κ3) is 2.95. The molecular weight excluding hydrogens is 230 g/mol. The van der Waals surface area contributed by atoms with Crippen LogP contribution in [0.2, 0.25) is 0 Å². The summed E-state index contributed by atoms with van der Waals surface area (Å²) in [6.45, 7) is 5.17. The van der Waals surface area contributed by atoms with Gasteiger partial charge in [-0.05, 0) is 32.9 Å². The van der Waals surface area contributed by atoms with Gasteiger partial charge in [0.15, 0.2) is 0 Å². The second-order valence-corrected chi connectivity index (χ2v) is 3.99. The first-order chi connectivity index (χ1) is 7.89. The van der Waals surface area contributed by atoms with Gasteiger partial charge in [0.25, 0.3) is 6.43 Å². The Morgan fingerprint density at radius 3 is 2.47 bits per heavy atom. The van der Waals surface area contributed by atoms with Crippen molar-refractivity contribution < 1.29 is 18.3 Å². The number of hydrogen-bond acceptors (Lipinski definition) is 4. The molecule has 0 aliphatic rings. The molecule has 0 saturated carbocycles. The van der Waals surface area contributed by atoms with Crippen LogP contribution in [0.1, 0.15) is 38.6 Å². The molecule has 0 amide bonds. The summed E-state index contributed by atoms with van der Waals surface area (Å²) in [6, 6.07) is 2.53. The molecule has 0 N–H and O–H groups in total. The lowest BCUT2D eigenvalue weighted by molar-refractivity contribution is -0.149. The van der Waals surface area contributed by atoms with Crippen LogP contribution in [0.15, 0.2) is 12.1 Å². The summed E-state index contributed by atoms with van der Waals surface area (Å²) in [5, 5.41) is 7.02. The van der Waals surface area contributed by atoms with E-state index in [0.717, 1.165) is 6.07 Å². The maximum atomic E-state index is 12.3. The van der Waals surface area contributed by atoms with Gasteiger partial charge in [0.2, 0.25) is 0 Å². The lowest BCUT2D eigenvalue weighted by Crippen LogP contribution is -2.32. The Morgan fingerprint density at radius 1 is 1.41 bits per heavy atom. The van der Waals surface area contributed by atoms with Gasteiger partial charge in [-0.15, -0.1) is 5.10 Å². The normalized spacial score (nSPS) is 11.6. The van der Waals surface area contributed by atoms with Crippen LogP contribution in [0.4, 0.5) is 8.78 Å². The van der Waals surface area contributed by atoms with E-state index in [2.05, 4.69) is 10.2 Å². The number of carbonyl (C=O) groups excluding carboxylic acids is 1. The summed E-state index contributed by atoms with van der Waals surface area (Å²) >= 11 is 0. The standard InChI is InChI=1S/C11H14F2N2O2/c1-4-17-10(16)11(2,3)8-6-5-7(9(12)13)14-15-8/h5-6,9H,4H2,1-3H3. The molecule has 0 bridgehead atoms. The zero-order valence-electron chi connectivity index (χ0n) is 9.91. The number of aromatic nitrogens is 2. The summed E-state index contributed by atoms with van der Waals surface area (Å²) in [6.07, 6.45) is -2.66. The van der Waals surface area contributed by atoms with E-state index in [9.17, 15) is 13.6 Å². The minimum atomic E-state index is -2.66. The summed E-state index contributed by atoms with van der Waals surface area (Å²) in [5.74, 6) is -0.459. The summed E-state index contributed by atoms with van der Waals surface area (Å²) in [5.41, 5.74) is -1.10. The topological polar surface area (TPSA) is 52.1 Å². The maximum absolute atomic E-state index is 12.3. The highest BCUT2D eigenvalue weighted by atomic mass is 19.3. The van der Waals surface area contributed by atoms with Gasteiger partial charge in [0.1, 0.15) is 11.1 Å². The third-order valence-corrected chi connectivity index (χ3v) is 2.33. The van der Waals surface area contributed by atoms with Gasteiger partial charge >= 0.3 is 5.97 Å². The van der Waals surface area contributed by atoms with Crippen molar-refractivity contribution >= 4 is 5.97 Å². The SMILES string of the molecule is CCOC(=O)C(C)(C)c1ccc(C(F)F)nn1. The first kappa shape index (κ1) is 13.5. The molecule has 0 aromatic carbocycles. The zero-order chi connectivity index (χ0) is 13.1. The second kappa shape index (κ2) is 5.16. The van der Waals surface area contributed by atoms with Gasteiger partial charge in [-0.2, -0.15) is 5.10 Å². The molecule has 4 nitrogen and oxygen atoms in total. The molecule has 0 unspecified atom stereocenters. The van der Waals surface area contributed by atoms with Crippen LogP contribution in [0.25, 0.3) is 0 Å². The molecule has 0 aliphatic carbocycles. The van der Waals surface area contributed by atoms with E-state index in [1.54, 1.807) is 20.8 Å². The van der Waals surface area contributed by atoms with Crippen LogP contribution < -0.4 is 0 Å². The van der Waals surface area contributed by atoms with E-state index < -0.39 is 23.5 Å². The molecule has 1 aromatic rings. The quantitative estimate of drug-likeness (QED) is 0.762. The third-order valence-electron chi connectivity index (χ3n) is 2.33. The number of alkyl halides is 2. The Labute approximate surface area is 98.0 Å². The molecule has 1 heterocycles. The van der Waals surface area contributed by atoms with E-state index in [1.807, 2.05) is 0 Å². The molecule has 0 radical (unpaired) electrons. The summed E-state index contributed by atoms with van der Waals surface area (Å²) < 4.78 is 29.4. The Morgan fingerprint density at radius 2 is 2.06 bits per heavy atom. The van der Waals surface area contributed by atoms with E-state index in [0.29, 0.717) is 5.69 Å². The predicted octanol–water partition coefficient (Wildman–Crippen LogP) is 2.25. The van der Waals surface area contributed by atoms with Gasteiger partial charge in [-0.25, -0.2) is 8.78 Å². The molecule has 0 saturated heterocycles. The van der Waals surface area contributed by atoms with Gasteiger partial charge in [-0.1, -0.05) is 0 Å². The fourth-order valence-electron chi connectivity index (χ4n) is 1.21. The van der Waals surface area contributed by atoms with Crippen molar-refractivity contribution in [3.05, 3.63) is 23.5 Å². The minimum absolute atomic E-state index is 0.255. The Kier molecular flexibility index (Phi) is 4.09. The van der Waals surface area contributed by atoms with E-state index in [4.69, 9.17) is 4.74 Å². The van der Waals surface area contributed by atoms with Gasteiger partial charge in [0.05, 0.1) is 12.3 Å². The smallest absolute Gasteiger partial charge is 0.317 e. The van der Waals surface area contributed by atoms with E-state index in [-0.39, 0.29) is 6.61 Å². The monoisotopic (exact) mass is 244 g/mol. The molecule has 0 aliphatic heterocycles. The minimum Gasteiger partial charge on any atom is -0.465 e. The van der Waals surface area contributed by atoms with Crippen LogP contribution in [0, 0.1) is 0 Å². The molecule has 1 aromatic heterocycles. The van der Waals surface area contributed by atoms with Crippen molar-refractivity contribution in [2.75, 3.05) is 6.61 Å². The van der Waals surface area contributed by atoms with Crippen molar-refractivity contribution in [1.82, 2.24) is 10.2 Å². The molecule has 6 heteroatoms. The van der Waals surface area contributed by atoms with Crippen molar-refractivity contribution in [3.8, 4) is 0 Å². The average Bonchev–Trinajstić information content (AvgIpc) is 2.29. The van der Waals surface area contributed by atoms with Crippen molar-refractivity contribution in [1.29, 1.82) is 0 Å². The van der Waals surface area contributed by atoms with Crippen LogP contribution in [0.3, 0.4) is 0 Å². The van der Waals surface area contributed by atoms with E-state index in [1.165, 1.54) is 6.07 Å². The fourth-order valence-corrected chi connectivity index (χ4v) is 1.21. The number of esters is 1. The maximum Gasteiger partial charge on any atom is 0.317 e. The molecule has 0 fully saturated rings. The number of rotatable bonds is 4. The molecule has 17 heavy (non-hydrogen) atoms. The highest BCUT2D eigenvalue weighted by Crippen LogP contribution is 2.24. The number of halogens is 2. The molecule has 0 spiro atoms. The average molecular weight is 244 g/mol. The Bertz CT molecular complexity index is 391. The van der Waals surface area contributed by atoms with Crippen molar-refractivity contribution in [2.24, 2.45) is 0 Å². The van der Waals surface area contributed by atoms with Gasteiger partial charge in [-0.3, -0.25) is 4.79 Å². The lowest BCUT2D eigenvalue weighted by Gasteiger charge is -2.20. The van der Waals surface area contributed by atoms with Crippen LogP contribution >= 0.6 is 0 Å². The van der Waals surface area contributed by atoms with E-state index >= 15 is 0 Å². The fraction of sp³-hybridized carbons (Fsp3) is 0.545. The Hall–Kier alpha value is -1.59. The van der Waals surface area contributed by atoms with Gasteiger partial charge < -0.3 is 4.74 Å². The highest BCUT2D eigenvalue weighted by Gasteiger charge is 2.33. The second-order valence-electron chi connectivity index (χ2n) is 3.99. The summed E-state index contributed by atoms with van der Waals surface area (Å²) in [7, 11) is 0. The molecule has 1 rings (SSSR count). The summed E-state index contributed by atoms with van der Waals surface area (Å²) in [4.78, 5) is 11.6. The Balaban J connectivity index is 2.95. The van der Waals surface area contributed by atoms with Crippen molar-refractivity contribution in [2.45, 2.75) is 32.6 Å². The van der Waals surface area contributed by atoms with Crippen LogP contribution in [-0.2, 0) is 14.9 Å². The molecule has 94 valence electrons. The lowest BCUT2D eigenvalue weighted by atomic mass is 9.89. The number of carbonyl (C=O) groups is 1.